The van der Waals surface area contributed by atoms with E-state index in [0.717, 1.165) is 43.8 Å². The van der Waals surface area contributed by atoms with Crippen LogP contribution in [0.1, 0.15) is 0 Å². The van der Waals surface area contributed by atoms with E-state index in [4.69, 9.17) is 9.97 Å². The van der Waals surface area contributed by atoms with Crippen LogP contribution in [0, 0.1) is 0 Å². The highest BCUT2D eigenvalue weighted by molar-refractivity contribution is 7.25. The van der Waals surface area contributed by atoms with Crippen LogP contribution < -0.4 is 0 Å². The molecule has 5 heteroatoms. The number of hydrogen-bond acceptors (Lipinski definition) is 3. The number of benzene rings is 5. The third-order valence-corrected chi connectivity index (χ3v) is 8.79. The number of rotatable bonds is 2. The molecule has 39 heavy (non-hydrogen) atoms. The fourth-order valence-corrected chi connectivity index (χ4v) is 7.06. The fourth-order valence-electron chi connectivity index (χ4n) is 6.05. The normalized spacial score (nSPS) is 12.1. The topological polar surface area (TPSA) is 35.6 Å². The number of thiophene rings is 1. The maximum atomic E-state index is 5.24. The SMILES string of the molecule is c1ccc(-n2c3ccccc3c3cc(-n4c5ccccc5c5nc6c(nc54)sc4ccccc46)ccc32)cc1. The molecule has 0 radical (unpaired) electrons. The molecule has 0 atom stereocenters. The molecule has 4 aromatic heterocycles. The van der Waals surface area contributed by atoms with Crippen LogP contribution in [0.3, 0.4) is 0 Å². The van der Waals surface area contributed by atoms with Crippen LogP contribution in [0.2, 0.25) is 0 Å². The highest BCUT2D eigenvalue weighted by atomic mass is 32.1. The molecule has 4 nitrogen and oxygen atoms in total. The van der Waals surface area contributed by atoms with Crippen molar-refractivity contribution in [1.29, 1.82) is 0 Å². The number of fused-ring (bicyclic) bond motifs is 9. The smallest absolute Gasteiger partial charge is 0.166 e. The Hall–Kier alpha value is -5.00. The standard InChI is InChI=1S/C34H20N4S/c1-2-10-21(11-3-1)37-27-15-7-4-12-23(27)26-20-22(18-19-29(26)37)38-28-16-8-5-13-24(28)31-33(38)36-34-32(35-31)25-14-6-9-17-30(25)39-34/h1-20H. The van der Waals surface area contributed by atoms with E-state index >= 15 is 0 Å². The van der Waals surface area contributed by atoms with Crippen molar-refractivity contribution in [3.63, 3.8) is 0 Å². The first-order chi connectivity index (χ1) is 19.3. The second-order valence-electron chi connectivity index (χ2n) is 9.89. The molecule has 0 spiro atoms. The summed E-state index contributed by atoms with van der Waals surface area (Å²) in [4.78, 5) is 11.4. The third kappa shape index (κ3) is 2.88. The first-order valence-electron chi connectivity index (χ1n) is 13.0. The lowest BCUT2D eigenvalue weighted by molar-refractivity contribution is 1.14. The second-order valence-corrected chi connectivity index (χ2v) is 10.9. The summed E-state index contributed by atoms with van der Waals surface area (Å²) < 4.78 is 5.84. The molecular weight excluding hydrogens is 496 g/mol. The molecule has 4 heterocycles. The average Bonchev–Trinajstić information content (AvgIpc) is 3.63. The molecule has 182 valence electrons. The van der Waals surface area contributed by atoms with Crippen LogP contribution >= 0.6 is 11.3 Å². The van der Waals surface area contributed by atoms with Crippen molar-refractivity contribution in [3.8, 4) is 11.4 Å². The first kappa shape index (κ1) is 21.0. The van der Waals surface area contributed by atoms with Gasteiger partial charge in [0, 0.05) is 37.6 Å². The summed E-state index contributed by atoms with van der Waals surface area (Å²) in [5, 5.41) is 4.73. The van der Waals surface area contributed by atoms with Gasteiger partial charge in [-0.05, 0) is 48.5 Å². The zero-order chi connectivity index (χ0) is 25.5. The Kier molecular flexibility index (Phi) is 4.18. The second kappa shape index (κ2) is 7.76. The van der Waals surface area contributed by atoms with Gasteiger partial charge in [-0.15, -0.1) is 11.3 Å². The number of nitrogens with zero attached hydrogens (tertiary/aromatic N) is 4. The maximum Gasteiger partial charge on any atom is 0.166 e. The predicted octanol–water partition coefficient (Wildman–Crippen LogP) is 9.04. The molecule has 9 aromatic rings. The van der Waals surface area contributed by atoms with Gasteiger partial charge in [0.15, 0.2) is 5.65 Å². The van der Waals surface area contributed by atoms with Gasteiger partial charge in [-0.25, -0.2) is 9.97 Å². The zero-order valence-electron chi connectivity index (χ0n) is 20.7. The molecule has 0 aliphatic carbocycles. The molecule has 0 aliphatic rings. The van der Waals surface area contributed by atoms with Gasteiger partial charge in [0.2, 0.25) is 0 Å². The van der Waals surface area contributed by atoms with Crippen LogP contribution in [0.15, 0.2) is 121 Å². The summed E-state index contributed by atoms with van der Waals surface area (Å²) in [7, 11) is 0. The van der Waals surface area contributed by atoms with Gasteiger partial charge in [-0.2, -0.15) is 0 Å². The van der Waals surface area contributed by atoms with E-state index in [1.54, 1.807) is 11.3 Å². The van der Waals surface area contributed by atoms with Crippen molar-refractivity contribution in [3.05, 3.63) is 121 Å². The summed E-state index contributed by atoms with van der Waals surface area (Å²) in [5.74, 6) is 0. The van der Waals surface area contributed by atoms with Crippen molar-refractivity contribution in [1.82, 2.24) is 19.1 Å². The van der Waals surface area contributed by atoms with E-state index < -0.39 is 0 Å². The molecule has 0 bridgehead atoms. The Bertz CT molecular complexity index is 2390. The Morgan fingerprint density at radius 3 is 1.97 bits per heavy atom. The third-order valence-electron chi connectivity index (χ3n) is 7.73. The van der Waals surface area contributed by atoms with E-state index in [-0.39, 0.29) is 0 Å². The predicted molar refractivity (Wildman–Crippen MR) is 164 cm³/mol. The van der Waals surface area contributed by atoms with Crippen LogP contribution in [0.4, 0.5) is 0 Å². The number of para-hydroxylation sites is 3. The molecule has 9 rings (SSSR count). The van der Waals surface area contributed by atoms with Crippen LogP contribution in [0.25, 0.3) is 75.7 Å². The summed E-state index contributed by atoms with van der Waals surface area (Å²) in [6, 6.07) is 42.9. The Labute approximate surface area is 227 Å². The van der Waals surface area contributed by atoms with Crippen LogP contribution in [0.5, 0.6) is 0 Å². The van der Waals surface area contributed by atoms with Crippen molar-refractivity contribution in [2.75, 3.05) is 0 Å². The van der Waals surface area contributed by atoms with Crippen molar-refractivity contribution < 1.29 is 0 Å². The molecule has 0 amide bonds. The minimum Gasteiger partial charge on any atom is -0.309 e. The van der Waals surface area contributed by atoms with Gasteiger partial charge in [0.1, 0.15) is 15.9 Å². The maximum absolute atomic E-state index is 5.24. The lowest BCUT2D eigenvalue weighted by atomic mass is 10.1. The summed E-state index contributed by atoms with van der Waals surface area (Å²) in [6.45, 7) is 0. The van der Waals surface area contributed by atoms with E-state index in [1.165, 1.54) is 31.9 Å². The minimum atomic E-state index is 0.890. The van der Waals surface area contributed by atoms with Gasteiger partial charge in [-0.1, -0.05) is 72.8 Å². The molecule has 5 aromatic carbocycles. The molecule has 0 aliphatic heterocycles. The van der Waals surface area contributed by atoms with Gasteiger partial charge in [0.25, 0.3) is 0 Å². The first-order valence-corrected chi connectivity index (χ1v) is 13.8. The minimum absolute atomic E-state index is 0.890. The van der Waals surface area contributed by atoms with Gasteiger partial charge in [0.05, 0.1) is 16.6 Å². The number of hydrogen-bond donors (Lipinski definition) is 0. The lowest BCUT2D eigenvalue weighted by Gasteiger charge is -2.09. The largest absolute Gasteiger partial charge is 0.309 e. The number of aromatic nitrogens is 4. The Balaban J connectivity index is 1.39. The molecule has 0 N–H and O–H groups in total. The van der Waals surface area contributed by atoms with Crippen LogP contribution in [-0.2, 0) is 0 Å². The zero-order valence-corrected chi connectivity index (χ0v) is 21.6. The van der Waals surface area contributed by atoms with Gasteiger partial charge < -0.3 is 4.57 Å². The molecule has 0 saturated carbocycles. The quantitative estimate of drug-likeness (QED) is 0.230. The molecular formula is C34H20N4S. The summed E-state index contributed by atoms with van der Waals surface area (Å²) >= 11 is 1.71. The monoisotopic (exact) mass is 516 g/mol. The Morgan fingerprint density at radius 2 is 1.13 bits per heavy atom. The lowest BCUT2D eigenvalue weighted by Crippen LogP contribution is -1.97. The summed E-state index contributed by atoms with van der Waals surface area (Å²) in [6.07, 6.45) is 0. The van der Waals surface area contributed by atoms with E-state index in [2.05, 4.69) is 130 Å². The molecule has 0 unspecified atom stereocenters. The average molecular weight is 517 g/mol. The summed E-state index contributed by atoms with van der Waals surface area (Å²) in [5.41, 5.74) is 8.54. The van der Waals surface area contributed by atoms with Gasteiger partial charge >= 0.3 is 0 Å². The van der Waals surface area contributed by atoms with Crippen molar-refractivity contribution in [2.45, 2.75) is 0 Å². The van der Waals surface area contributed by atoms with E-state index in [0.29, 0.717) is 0 Å². The van der Waals surface area contributed by atoms with Crippen molar-refractivity contribution >= 4 is 75.6 Å². The van der Waals surface area contributed by atoms with Gasteiger partial charge in [-0.3, -0.25) is 4.57 Å². The molecule has 0 saturated heterocycles. The highest BCUT2D eigenvalue weighted by Gasteiger charge is 2.19. The van der Waals surface area contributed by atoms with E-state index in [1.807, 2.05) is 0 Å². The Morgan fingerprint density at radius 1 is 0.462 bits per heavy atom. The van der Waals surface area contributed by atoms with E-state index in [9.17, 15) is 0 Å². The molecule has 0 fully saturated rings. The highest BCUT2D eigenvalue weighted by Crippen LogP contribution is 2.38. The van der Waals surface area contributed by atoms with Crippen molar-refractivity contribution in [2.24, 2.45) is 0 Å². The fraction of sp³-hybridized carbons (Fsp3) is 0. The van der Waals surface area contributed by atoms with Crippen LogP contribution in [-0.4, -0.2) is 19.1 Å².